The summed E-state index contributed by atoms with van der Waals surface area (Å²) in [4.78, 5) is 37.7. The summed E-state index contributed by atoms with van der Waals surface area (Å²) >= 11 is 1.37. The highest BCUT2D eigenvalue weighted by Gasteiger charge is 2.28. The van der Waals surface area contributed by atoms with Crippen molar-refractivity contribution in [2.45, 2.75) is 51.6 Å². The summed E-state index contributed by atoms with van der Waals surface area (Å²) < 4.78 is 13.3. The molecule has 2 amide bonds. The van der Waals surface area contributed by atoms with Gasteiger partial charge in [-0.25, -0.2) is 4.39 Å². The van der Waals surface area contributed by atoms with Crippen LogP contribution < -0.4 is 5.32 Å². The fourth-order valence-electron chi connectivity index (χ4n) is 3.14. The fraction of sp³-hybridized carbons (Fsp3) is 0.391. The topological polar surface area (TPSA) is 92.6 Å². The smallest absolute Gasteiger partial charge is 0.269 e. The van der Waals surface area contributed by atoms with Gasteiger partial charge in [0.2, 0.25) is 11.8 Å². The average Bonchev–Trinajstić information content (AvgIpc) is 2.74. The molecule has 1 N–H and O–H groups in total. The first-order valence-electron chi connectivity index (χ1n) is 10.4. The van der Waals surface area contributed by atoms with Crippen LogP contribution in [0.3, 0.4) is 0 Å². The van der Waals surface area contributed by atoms with Gasteiger partial charge in [0.1, 0.15) is 11.9 Å². The van der Waals surface area contributed by atoms with Gasteiger partial charge >= 0.3 is 0 Å². The number of halogens is 1. The third kappa shape index (κ3) is 7.64. The fourth-order valence-corrected chi connectivity index (χ4v) is 4.01. The Labute approximate surface area is 191 Å². The molecule has 32 heavy (non-hydrogen) atoms. The van der Waals surface area contributed by atoms with E-state index in [4.69, 9.17) is 0 Å². The molecule has 0 heterocycles. The number of carbonyl (C=O) groups excluding carboxylic acids is 2. The lowest BCUT2D eigenvalue weighted by molar-refractivity contribution is -0.384. The van der Waals surface area contributed by atoms with E-state index in [-0.39, 0.29) is 41.7 Å². The standard InChI is InChI=1S/C23H28FN3O4S/c1-4-21(23(29)25-16(2)3)26(13-17-5-9-19(24)10-6-17)22(28)15-32-14-18-7-11-20(12-8-18)27(30)31/h5-12,16,21H,4,13-15H2,1-3H3,(H,25,29)/t21-/m1/s1. The van der Waals surface area contributed by atoms with Crippen LogP contribution in [-0.2, 0) is 21.9 Å². The lowest BCUT2D eigenvalue weighted by Crippen LogP contribution is -2.50. The number of nitrogens with one attached hydrogen (secondary N) is 1. The zero-order valence-electron chi connectivity index (χ0n) is 18.4. The van der Waals surface area contributed by atoms with Gasteiger partial charge in [-0.1, -0.05) is 31.2 Å². The number of carbonyl (C=O) groups is 2. The van der Waals surface area contributed by atoms with Gasteiger partial charge < -0.3 is 10.2 Å². The number of nitrogens with zero attached hydrogens (tertiary/aromatic N) is 2. The highest BCUT2D eigenvalue weighted by molar-refractivity contribution is 7.99. The Morgan fingerprint density at radius 2 is 1.69 bits per heavy atom. The largest absolute Gasteiger partial charge is 0.352 e. The molecule has 2 rings (SSSR count). The molecule has 0 unspecified atom stereocenters. The van der Waals surface area contributed by atoms with Crippen LogP contribution in [0.2, 0.25) is 0 Å². The summed E-state index contributed by atoms with van der Waals surface area (Å²) in [6.07, 6.45) is 0.443. The molecule has 1 atom stereocenters. The van der Waals surface area contributed by atoms with Crippen molar-refractivity contribution in [2.24, 2.45) is 0 Å². The summed E-state index contributed by atoms with van der Waals surface area (Å²) in [7, 11) is 0. The molecule has 0 aliphatic rings. The van der Waals surface area contributed by atoms with Gasteiger partial charge in [0, 0.05) is 30.5 Å². The van der Waals surface area contributed by atoms with Gasteiger partial charge in [0.05, 0.1) is 10.7 Å². The molecule has 0 aliphatic carbocycles. The lowest BCUT2D eigenvalue weighted by atomic mass is 10.1. The van der Waals surface area contributed by atoms with E-state index in [0.29, 0.717) is 12.2 Å². The zero-order valence-corrected chi connectivity index (χ0v) is 19.2. The number of nitro groups is 1. The van der Waals surface area contributed by atoms with Crippen molar-refractivity contribution in [3.8, 4) is 0 Å². The second-order valence-electron chi connectivity index (χ2n) is 7.65. The summed E-state index contributed by atoms with van der Waals surface area (Å²) in [6.45, 7) is 5.76. The Morgan fingerprint density at radius 3 is 2.22 bits per heavy atom. The summed E-state index contributed by atoms with van der Waals surface area (Å²) in [5.41, 5.74) is 1.61. The monoisotopic (exact) mass is 461 g/mol. The first-order valence-corrected chi connectivity index (χ1v) is 11.5. The minimum Gasteiger partial charge on any atom is -0.352 e. The highest BCUT2D eigenvalue weighted by atomic mass is 32.2. The van der Waals surface area contributed by atoms with Crippen LogP contribution in [0, 0.1) is 15.9 Å². The van der Waals surface area contributed by atoms with Crippen LogP contribution in [-0.4, -0.2) is 39.5 Å². The molecular formula is C23H28FN3O4S. The Bertz CT molecular complexity index is 920. The molecule has 9 heteroatoms. The Morgan fingerprint density at radius 1 is 1.09 bits per heavy atom. The number of benzene rings is 2. The average molecular weight is 462 g/mol. The number of rotatable bonds is 11. The maximum atomic E-state index is 13.3. The van der Waals surface area contributed by atoms with E-state index in [9.17, 15) is 24.1 Å². The molecule has 0 saturated heterocycles. The summed E-state index contributed by atoms with van der Waals surface area (Å²) in [6, 6.07) is 11.4. The maximum Gasteiger partial charge on any atom is 0.269 e. The van der Waals surface area contributed by atoms with Gasteiger partial charge in [-0.3, -0.25) is 19.7 Å². The molecule has 7 nitrogen and oxygen atoms in total. The molecule has 2 aromatic rings. The molecule has 172 valence electrons. The van der Waals surface area contributed by atoms with Gasteiger partial charge in [-0.15, -0.1) is 11.8 Å². The highest BCUT2D eigenvalue weighted by Crippen LogP contribution is 2.19. The zero-order chi connectivity index (χ0) is 23.7. The third-order valence-corrected chi connectivity index (χ3v) is 5.71. The first kappa shape index (κ1) is 25.3. The van der Waals surface area contributed by atoms with Crippen molar-refractivity contribution in [3.05, 3.63) is 75.6 Å². The van der Waals surface area contributed by atoms with Crippen molar-refractivity contribution in [3.63, 3.8) is 0 Å². The van der Waals surface area contributed by atoms with Gasteiger partial charge in [-0.05, 0) is 43.5 Å². The van der Waals surface area contributed by atoms with E-state index in [0.717, 1.165) is 11.1 Å². The van der Waals surface area contributed by atoms with E-state index in [2.05, 4.69) is 5.32 Å². The molecule has 0 spiro atoms. The minimum atomic E-state index is -0.644. The lowest BCUT2D eigenvalue weighted by Gasteiger charge is -2.31. The number of hydrogen-bond acceptors (Lipinski definition) is 5. The first-order chi connectivity index (χ1) is 15.2. The number of amides is 2. The van der Waals surface area contributed by atoms with Gasteiger partial charge in [0.15, 0.2) is 0 Å². The van der Waals surface area contributed by atoms with Crippen LogP contribution in [0.25, 0.3) is 0 Å². The normalized spacial score (nSPS) is 11.8. The van der Waals surface area contributed by atoms with Gasteiger partial charge in [-0.2, -0.15) is 0 Å². The SMILES string of the molecule is CC[C@H](C(=O)NC(C)C)N(Cc1ccc(F)cc1)C(=O)CSCc1ccc([N+](=O)[O-])cc1. The van der Waals surface area contributed by atoms with Crippen LogP contribution in [0.15, 0.2) is 48.5 Å². The summed E-state index contributed by atoms with van der Waals surface area (Å²) in [5, 5.41) is 13.6. The molecule has 0 aliphatic heterocycles. The van der Waals surface area contributed by atoms with E-state index >= 15 is 0 Å². The number of non-ortho nitro benzene ring substituents is 1. The molecule has 2 aromatic carbocycles. The molecule has 0 saturated carbocycles. The summed E-state index contributed by atoms with van der Waals surface area (Å²) in [5.74, 6) is -0.146. The van der Waals surface area contributed by atoms with Gasteiger partial charge in [0.25, 0.3) is 5.69 Å². The van der Waals surface area contributed by atoms with E-state index in [1.54, 1.807) is 24.3 Å². The second kappa shape index (κ2) is 12.2. The molecule has 0 bridgehead atoms. The van der Waals surface area contributed by atoms with Crippen LogP contribution >= 0.6 is 11.8 Å². The predicted molar refractivity (Wildman–Crippen MR) is 124 cm³/mol. The molecular weight excluding hydrogens is 433 g/mol. The predicted octanol–water partition coefficient (Wildman–Crippen LogP) is 4.30. The van der Waals surface area contributed by atoms with Crippen molar-refractivity contribution in [1.29, 1.82) is 0 Å². The van der Waals surface area contributed by atoms with Crippen LogP contribution in [0.5, 0.6) is 0 Å². The van der Waals surface area contributed by atoms with Crippen molar-refractivity contribution < 1.29 is 18.9 Å². The van der Waals surface area contributed by atoms with E-state index in [1.807, 2.05) is 20.8 Å². The number of thioether (sulfide) groups is 1. The van der Waals surface area contributed by atoms with Crippen molar-refractivity contribution in [1.82, 2.24) is 10.2 Å². The Balaban J connectivity index is 2.10. The van der Waals surface area contributed by atoms with Crippen molar-refractivity contribution >= 4 is 29.3 Å². The quantitative estimate of drug-likeness (QED) is 0.398. The van der Waals surface area contributed by atoms with Crippen LogP contribution in [0.1, 0.15) is 38.3 Å². The Hall–Kier alpha value is -2.94. The molecule has 0 fully saturated rings. The number of hydrogen-bond donors (Lipinski definition) is 1. The second-order valence-corrected chi connectivity index (χ2v) is 8.64. The minimum absolute atomic E-state index is 0.0160. The maximum absolute atomic E-state index is 13.3. The van der Waals surface area contributed by atoms with E-state index < -0.39 is 11.0 Å². The molecule has 0 radical (unpaired) electrons. The van der Waals surface area contributed by atoms with Crippen LogP contribution in [0.4, 0.5) is 10.1 Å². The van der Waals surface area contributed by atoms with Crippen molar-refractivity contribution in [2.75, 3.05) is 5.75 Å². The Kier molecular flexibility index (Phi) is 9.64. The third-order valence-electron chi connectivity index (χ3n) is 4.72. The molecule has 0 aromatic heterocycles. The number of nitro benzene ring substituents is 1. The van der Waals surface area contributed by atoms with E-state index in [1.165, 1.54) is 40.9 Å².